The lowest BCUT2D eigenvalue weighted by Gasteiger charge is -2.16. The minimum Gasteiger partial charge on any atom is -0.354 e. The molecule has 5 aromatic carbocycles. The van der Waals surface area contributed by atoms with Gasteiger partial charge in [-0.15, -0.1) is 5.11 Å². The second-order valence-corrected chi connectivity index (χ2v) is 12.8. The van der Waals surface area contributed by atoms with Crippen molar-refractivity contribution in [3.8, 4) is 0 Å². The minimum absolute atomic E-state index is 0.0832. The van der Waals surface area contributed by atoms with Crippen molar-refractivity contribution >= 4 is 75.8 Å². The molecule has 0 heterocycles. The number of carbonyl (C=O) groups excluding carboxylic acids is 1. The number of nitrogens with zero attached hydrogens (tertiary/aromatic N) is 3. The van der Waals surface area contributed by atoms with Crippen molar-refractivity contribution in [2.24, 2.45) is 15.3 Å². The molecule has 0 spiro atoms. The SMILES string of the molecule is O=C1/C(=N/Nc2ccc(N=Nc3ccc(Nc4ccccc4)c(S(=O)(=O)O)c3)c3ccccc23)C=C(S(=O)(=O)O)c2ccccc21. The number of anilines is 3. The summed E-state index contributed by atoms with van der Waals surface area (Å²) in [4.78, 5) is 12.3. The molecular weight excluding hydrogens is 631 g/mol. The number of nitrogens with one attached hydrogen (secondary N) is 2. The minimum atomic E-state index is -4.65. The fourth-order valence-corrected chi connectivity index (χ4v) is 6.25. The van der Waals surface area contributed by atoms with Crippen LogP contribution in [0.5, 0.6) is 0 Å². The van der Waals surface area contributed by atoms with Gasteiger partial charge in [0.2, 0.25) is 5.78 Å². The summed E-state index contributed by atoms with van der Waals surface area (Å²) in [6.45, 7) is 0. The molecule has 0 atom stereocenters. The Morgan fingerprint density at radius 3 is 2.00 bits per heavy atom. The topological polar surface area (TPSA) is 187 Å². The molecule has 1 aliphatic rings. The molecule has 0 fully saturated rings. The summed E-state index contributed by atoms with van der Waals surface area (Å²) in [6.07, 6.45) is 1.01. The highest BCUT2D eigenvalue weighted by atomic mass is 32.2. The molecule has 5 aromatic rings. The van der Waals surface area contributed by atoms with Gasteiger partial charge in [0.1, 0.15) is 15.5 Å². The van der Waals surface area contributed by atoms with Crippen molar-refractivity contribution in [1.82, 2.24) is 0 Å². The third-order valence-electron chi connectivity index (χ3n) is 6.98. The molecule has 0 saturated heterocycles. The number of ketones is 1. The van der Waals surface area contributed by atoms with E-state index in [4.69, 9.17) is 0 Å². The third-order valence-corrected chi connectivity index (χ3v) is 8.77. The Morgan fingerprint density at radius 1 is 0.630 bits per heavy atom. The van der Waals surface area contributed by atoms with Crippen molar-refractivity contribution in [2.45, 2.75) is 4.90 Å². The van der Waals surface area contributed by atoms with Crippen molar-refractivity contribution in [1.29, 1.82) is 0 Å². The van der Waals surface area contributed by atoms with Gasteiger partial charge < -0.3 is 5.32 Å². The van der Waals surface area contributed by atoms with Crippen LogP contribution in [0.4, 0.5) is 28.4 Å². The first kappa shape index (κ1) is 30.5. The first-order chi connectivity index (χ1) is 22.0. The highest BCUT2D eigenvalue weighted by Gasteiger charge is 2.30. The maximum Gasteiger partial charge on any atom is 0.296 e. The van der Waals surface area contributed by atoms with Gasteiger partial charge in [0, 0.05) is 27.6 Å². The molecule has 0 aromatic heterocycles. The third kappa shape index (κ3) is 6.31. The van der Waals surface area contributed by atoms with E-state index in [0.29, 0.717) is 27.8 Å². The van der Waals surface area contributed by atoms with Crippen LogP contribution in [0, 0.1) is 0 Å². The van der Waals surface area contributed by atoms with E-state index in [0.717, 1.165) is 6.08 Å². The van der Waals surface area contributed by atoms with Crippen LogP contribution in [-0.2, 0) is 20.2 Å². The van der Waals surface area contributed by atoms with Crippen molar-refractivity contribution < 1.29 is 30.7 Å². The first-order valence-electron chi connectivity index (χ1n) is 13.5. The Balaban J connectivity index is 1.32. The second-order valence-electron chi connectivity index (χ2n) is 9.99. The zero-order chi connectivity index (χ0) is 32.5. The largest absolute Gasteiger partial charge is 0.354 e. The molecule has 0 bridgehead atoms. The number of hydrogen-bond acceptors (Lipinski definition) is 10. The number of benzene rings is 5. The van der Waals surface area contributed by atoms with E-state index in [-0.39, 0.29) is 33.1 Å². The Kier molecular flexibility index (Phi) is 8.02. The van der Waals surface area contributed by atoms with Gasteiger partial charge >= 0.3 is 0 Å². The number of Topliss-reactive ketones (excluding diaryl/α,β-unsaturated/α-hetero) is 1. The molecule has 4 N–H and O–H groups in total. The molecule has 0 aliphatic heterocycles. The van der Waals surface area contributed by atoms with Crippen molar-refractivity contribution in [2.75, 3.05) is 10.7 Å². The van der Waals surface area contributed by atoms with Gasteiger partial charge in [-0.25, -0.2) is 0 Å². The van der Waals surface area contributed by atoms with E-state index >= 15 is 0 Å². The van der Waals surface area contributed by atoms with Crippen molar-refractivity contribution in [3.05, 3.63) is 126 Å². The zero-order valence-electron chi connectivity index (χ0n) is 23.6. The van der Waals surface area contributed by atoms with Crippen LogP contribution < -0.4 is 10.7 Å². The summed E-state index contributed by atoms with van der Waals surface area (Å²) in [5.41, 5.74) is 4.59. The number of hydrazone groups is 1. The van der Waals surface area contributed by atoms with Crippen LogP contribution in [0.1, 0.15) is 15.9 Å². The quantitative estimate of drug-likeness (QED) is 0.0767. The summed E-state index contributed by atoms with van der Waals surface area (Å²) in [5.74, 6) is -0.528. The van der Waals surface area contributed by atoms with E-state index in [9.17, 15) is 30.7 Å². The molecule has 14 heteroatoms. The molecule has 0 amide bonds. The van der Waals surface area contributed by atoms with Crippen LogP contribution in [0.25, 0.3) is 15.7 Å². The second kappa shape index (κ2) is 12.1. The molecule has 230 valence electrons. The monoisotopic (exact) mass is 653 g/mol. The van der Waals surface area contributed by atoms with Crippen molar-refractivity contribution in [3.63, 3.8) is 0 Å². The summed E-state index contributed by atoms with van der Waals surface area (Å²) < 4.78 is 68.1. The Morgan fingerprint density at radius 2 is 1.28 bits per heavy atom. The van der Waals surface area contributed by atoms with Crippen LogP contribution in [-0.4, -0.2) is 37.4 Å². The van der Waals surface area contributed by atoms with Crippen LogP contribution in [0.2, 0.25) is 0 Å². The van der Waals surface area contributed by atoms with Gasteiger partial charge in [-0.05, 0) is 48.5 Å². The summed E-state index contributed by atoms with van der Waals surface area (Å²) in [5, 5.41) is 16.9. The van der Waals surface area contributed by atoms with E-state index in [1.54, 1.807) is 78.9 Å². The lowest BCUT2D eigenvalue weighted by Crippen LogP contribution is -2.22. The normalized spacial score (nSPS) is 14.3. The molecule has 0 radical (unpaired) electrons. The van der Waals surface area contributed by atoms with Crippen LogP contribution in [0.3, 0.4) is 0 Å². The predicted octanol–water partition coefficient (Wildman–Crippen LogP) is 7.14. The summed E-state index contributed by atoms with van der Waals surface area (Å²) in [7, 11) is -9.26. The number of para-hydroxylation sites is 1. The molecule has 1 aliphatic carbocycles. The van der Waals surface area contributed by atoms with Gasteiger partial charge in [-0.3, -0.25) is 19.3 Å². The highest BCUT2D eigenvalue weighted by Crippen LogP contribution is 2.35. The van der Waals surface area contributed by atoms with Crippen LogP contribution >= 0.6 is 0 Å². The number of allylic oxidation sites excluding steroid dienone is 1. The highest BCUT2D eigenvalue weighted by molar-refractivity contribution is 7.95. The molecule has 6 rings (SSSR count). The summed E-state index contributed by atoms with van der Waals surface area (Å²) in [6, 6.07) is 29.5. The molecule has 12 nitrogen and oxygen atoms in total. The smallest absolute Gasteiger partial charge is 0.296 e. The number of rotatable bonds is 8. The average molecular weight is 654 g/mol. The fourth-order valence-electron chi connectivity index (χ4n) is 4.86. The Bertz CT molecular complexity index is 2340. The standard InChI is InChI=1S/C32H23N5O7S2/c38-32-25-13-7-6-12-24(25)30(45(39,40)41)19-29(32)37-36-27-17-16-26(22-10-4-5-11-23(22)27)35-34-21-14-15-28(31(18-21)46(42,43)44)33-20-8-2-1-3-9-20/h1-19,33,36H,(H,39,40,41)(H,42,43,44)/b35-34?,37-29+. The summed E-state index contributed by atoms with van der Waals surface area (Å²) >= 11 is 0. The predicted molar refractivity (Wildman–Crippen MR) is 175 cm³/mol. The van der Waals surface area contributed by atoms with E-state index in [1.165, 1.54) is 24.3 Å². The maximum absolute atomic E-state index is 13.1. The van der Waals surface area contributed by atoms with E-state index < -0.39 is 30.9 Å². The Labute approximate surface area is 263 Å². The first-order valence-corrected chi connectivity index (χ1v) is 16.4. The lowest BCUT2D eigenvalue weighted by atomic mass is 9.95. The molecule has 0 saturated carbocycles. The van der Waals surface area contributed by atoms with Gasteiger partial charge in [0.15, 0.2) is 0 Å². The fraction of sp³-hybridized carbons (Fsp3) is 0. The lowest BCUT2D eigenvalue weighted by molar-refractivity contribution is 0.106. The van der Waals surface area contributed by atoms with Crippen LogP contribution in [0.15, 0.2) is 135 Å². The number of carbonyl (C=O) groups is 1. The Hall–Kier alpha value is -5.54. The number of hydrogen-bond donors (Lipinski definition) is 4. The van der Waals surface area contributed by atoms with E-state index in [1.807, 2.05) is 6.07 Å². The molecular formula is C32H23N5O7S2. The van der Waals surface area contributed by atoms with Gasteiger partial charge in [0.25, 0.3) is 20.2 Å². The molecule has 46 heavy (non-hydrogen) atoms. The maximum atomic E-state index is 13.1. The van der Waals surface area contributed by atoms with E-state index in [2.05, 4.69) is 26.1 Å². The van der Waals surface area contributed by atoms with Gasteiger partial charge in [-0.1, -0.05) is 66.7 Å². The van der Waals surface area contributed by atoms with Gasteiger partial charge in [0.05, 0.1) is 22.7 Å². The molecule has 0 unspecified atom stereocenters. The number of azo groups is 1. The average Bonchev–Trinajstić information content (AvgIpc) is 3.04. The van der Waals surface area contributed by atoms with Gasteiger partial charge in [-0.2, -0.15) is 27.1 Å². The zero-order valence-corrected chi connectivity index (χ0v) is 25.2. The number of fused-ring (bicyclic) bond motifs is 2.